The van der Waals surface area contributed by atoms with Crippen molar-refractivity contribution >= 4 is 11.9 Å². The van der Waals surface area contributed by atoms with Gasteiger partial charge in [0, 0.05) is 6.42 Å². The Labute approximate surface area is 93.6 Å². The number of carbonyl (C=O) groups is 1. The first-order valence-corrected chi connectivity index (χ1v) is 5.43. The van der Waals surface area contributed by atoms with Crippen LogP contribution in [-0.4, -0.2) is 17.4 Å². The molecule has 3 N–H and O–H groups in total. The molecule has 1 aromatic rings. The number of benzene rings is 1. The standard InChI is InChI=1S/C12H13N3O/c13-10-12(15-11(16)14-10)6-5-8-3-1-2-4-9(8)7-12/h1-4H,5-7H2,(H3,13,14,15,16). The summed E-state index contributed by atoms with van der Waals surface area (Å²) in [5.74, 6) is 0.437. The van der Waals surface area contributed by atoms with E-state index in [0.29, 0.717) is 5.84 Å². The zero-order valence-corrected chi connectivity index (χ0v) is 8.86. The maximum absolute atomic E-state index is 11.3. The molecule has 0 fully saturated rings. The van der Waals surface area contributed by atoms with Crippen LogP contribution in [0.1, 0.15) is 17.5 Å². The molecule has 2 aliphatic rings. The van der Waals surface area contributed by atoms with Gasteiger partial charge in [0.25, 0.3) is 0 Å². The van der Waals surface area contributed by atoms with E-state index in [1.165, 1.54) is 11.1 Å². The Morgan fingerprint density at radius 2 is 2.06 bits per heavy atom. The second kappa shape index (κ2) is 3.07. The zero-order chi connectivity index (χ0) is 11.2. The van der Waals surface area contributed by atoms with Crippen molar-refractivity contribution in [1.82, 2.24) is 5.32 Å². The number of hydrogen-bond donors (Lipinski definition) is 2. The smallest absolute Gasteiger partial charge is 0.343 e. The molecule has 0 saturated carbocycles. The molecule has 1 aliphatic carbocycles. The Hall–Kier alpha value is -1.84. The number of aryl methyl sites for hydroxylation is 1. The summed E-state index contributed by atoms with van der Waals surface area (Å²) in [6.07, 6.45) is 2.53. The van der Waals surface area contributed by atoms with E-state index in [1.807, 2.05) is 12.1 Å². The minimum atomic E-state index is -0.425. The summed E-state index contributed by atoms with van der Waals surface area (Å²) in [6, 6.07) is 7.97. The van der Waals surface area contributed by atoms with Crippen molar-refractivity contribution in [3.63, 3.8) is 0 Å². The van der Waals surface area contributed by atoms with Crippen molar-refractivity contribution in [1.29, 1.82) is 0 Å². The van der Waals surface area contributed by atoms with E-state index in [-0.39, 0.29) is 6.03 Å². The number of hydrogen-bond acceptors (Lipinski definition) is 2. The van der Waals surface area contributed by atoms with Crippen molar-refractivity contribution in [2.24, 2.45) is 10.7 Å². The highest BCUT2D eigenvalue weighted by molar-refractivity contribution is 6.06. The third-order valence-electron chi connectivity index (χ3n) is 3.49. The second-order valence-electron chi connectivity index (χ2n) is 4.45. The summed E-state index contributed by atoms with van der Waals surface area (Å²) in [5.41, 5.74) is 8.04. The molecule has 16 heavy (non-hydrogen) atoms. The topological polar surface area (TPSA) is 67.5 Å². The Kier molecular flexibility index (Phi) is 1.80. The lowest BCUT2D eigenvalue weighted by atomic mass is 9.77. The maximum Gasteiger partial charge on any atom is 0.343 e. The lowest BCUT2D eigenvalue weighted by Crippen LogP contribution is -2.55. The van der Waals surface area contributed by atoms with Gasteiger partial charge in [0.2, 0.25) is 0 Å². The number of nitrogens with zero attached hydrogens (tertiary/aromatic N) is 1. The molecule has 1 aliphatic heterocycles. The highest BCUT2D eigenvalue weighted by Crippen LogP contribution is 2.30. The summed E-state index contributed by atoms with van der Waals surface area (Å²) >= 11 is 0. The summed E-state index contributed by atoms with van der Waals surface area (Å²) in [7, 11) is 0. The van der Waals surface area contributed by atoms with Gasteiger partial charge in [-0.1, -0.05) is 24.3 Å². The van der Waals surface area contributed by atoms with E-state index in [4.69, 9.17) is 5.73 Å². The number of fused-ring (bicyclic) bond motifs is 1. The quantitative estimate of drug-likeness (QED) is 0.677. The van der Waals surface area contributed by atoms with Crippen LogP contribution in [0.2, 0.25) is 0 Å². The normalized spacial score (nSPS) is 27.5. The molecule has 1 aromatic carbocycles. The van der Waals surface area contributed by atoms with E-state index in [9.17, 15) is 4.79 Å². The molecule has 1 unspecified atom stereocenters. The van der Waals surface area contributed by atoms with Gasteiger partial charge >= 0.3 is 6.03 Å². The van der Waals surface area contributed by atoms with Crippen molar-refractivity contribution in [2.75, 3.05) is 0 Å². The summed E-state index contributed by atoms with van der Waals surface area (Å²) in [4.78, 5) is 15.0. The Balaban J connectivity index is 1.99. The average molecular weight is 215 g/mol. The van der Waals surface area contributed by atoms with E-state index < -0.39 is 5.54 Å². The zero-order valence-electron chi connectivity index (χ0n) is 8.86. The van der Waals surface area contributed by atoms with Crippen LogP contribution in [-0.2, 0) is 12.8 Å². The van der Waals surface area contributed by atoms with E-state index in [2.05, 4.69) is 22.4 Å². The van der Waals surface area contributed by atoms with E-state index in [0.717, 1.165) is 19.3 Å². The fraction of sp³-hybridized carbons (Fsp3) is 0.333. The molecule has 0 radical (unpaired) electrons. The number of carbonyl (C=O) groups excluding carboxylic acids is 1. The second-order valence-corrected chi connectivity index (χ2v) is 4.45. The SMILES string of the molecule is NC1=NC(=O)NC12CCc1ccccc1C2. The summed E-state index contributed by atoms with van der Waals surface area (Å²) in [5, 5.41) is 2.89. The average Bonchev–Trinajstić information content (AvgIpc) is 2.53. The Morgan fingerprint density at radius 3 is 2.75 bits per heavy atom. The van der Waals surface area contributed by atoms with Gasteiger partial charge in [0.1, 0.15) is 11.4 Å². The largest absolute Gasteiger partial charge is 0.385 e. The van der Waals surface area contributed by atoms with Gasteiger partial charge in [-0.25, -0.2) is 4.79 Å². The molecule has 82 valence electrons. The van der Waals surface area contributed by atoms with Gasteiger partial charge in [0.15, 0.2) is 0 Å². The van der Waals surface area contributed by atoms with Crippen LogP contribution in [0.15, 0.2) is 29.3 Å². The molecular weight excluding hydrogens is 202 g/mol. The minimum absolute atomic E-state index is 0.308. The van der Waals surface area contributed by atoms with E-state index in [1.54, 1.807) is 0 Å². The van der Waals surface area contributed by atoms with Crippen LogP contribution in [0, 0.1) is 0 Å². The van der Waals surface area contributed by atoms with Gasteiger partial charge in [0.05, 0.1) is 0 Å². The number of amidine groups is 1. The number of urea groups is 1. The van der Waals surface area contributed by atoms with Crippen LogP contribution < -0.4 is 11.1 Å². The summed E-state index contributed by atoms with van der Waals surface area (Å²) < 4.78 is 0. The molecular formula is C12H13N3O. The monoisotopic (exact) mass is 215 g/mol. The minimum Gasteiger partial charge on any atom is -0.385 e. The lowest BCUT2D eigenvalue weighted by Gasteiger charge is -2.34. The summed E-state index contributed by atoms with van der Waals surface area (Å²) in [6.45, 7) is 0. The fourth-order valence-corrected chi connectivity index (χ4v) is 2.57. The first kappa shape index (κ1) is 9.39. The van der Waals surface area contributed by atoms with Gasteiger partial charge < -0.3 is 11.1 Å². The predicted molar refractivity (Wildman–Crippen MR) is 61.4 cm³/mol. The highest BCUT2D eigenvalue weighted by atomic mass is 16.2. The van der Waals surface area contributed by atoms with Crippen LogP contribution in [0.25, 0.3) is 0 Å². The van der Waals surface area contributed by atoms with Gasteiger partial charge in [-0.15, -0.1) is 0 Å². The molecule has 1 heterocycles. The van der Waals surface area contributed by atoms with Crippen LogP contribution >= 0.6 is 0 Å². The van der Waals surface area contributed by atoms with Crippen molar-refractivity contribution in [3.8, 4) is 0 Å². The first-order chi connectivity index (χ1) is 7.70. The Morgan fingerprint density at radius 1 is 1.31 bits per heavy atom. The third-order valence-corrected chi connectivity index (χ3v) is 3.49. The van der Waals surface area contributed by atoms with Crippen molar-refractivity contribution < 1.29 is 4.79 Å². The molecule has 3 rings (SSSR count). The van der Waals surface area contributed by atoms with E-state index >= 15 is 0 Å². The van der Waals surface area contributed by atoms with Crippen molar-refractivity contribution in [2.45, 2.75) is 24.8 Å². The van der Waals surface area contributed by atoms with Crippen LogP contribution in [0.5, 0.6) is 0 Å². The predicted octanol–water partition coefficient (Wildman–Crippen LogP) is 0.994. The molecule has 2 amide bonds. The molecule has 1 spiro atoms. The van der Waals surface area contributed by atoms with Gasteiger partial charge in [-0.2, -0.15) is 4.99 Å². The maximum atomic E-state index is 11.3. The fourth-order valence-electron chi connectivity index (χ4n) is 2.57. The number of nitrogens with one attached hydrogen (secondary N) is 1. The van der Waals surface area contributed by atoms with Crippen LogP contribution in [0.3, 0.4) is 0 Å². The highest BCUT2D eigenvalue weighted by Gasteiger charge is 2.43. The van der Waals surface area contributed by atoms with Gasteiger partial charge in [-0.05, 0) is 24.0 Å². The van der Waals surface area contributed by atoms with Gasteiger partial charge in [-0.3, -0.25) is 0 Å². The Bertz CT molecular complexity index is 495. The number of amides is 2. The molecule has 4 heteroatoms. The number of aliphatic imine (C=N–C) groups is 1. The number of nitrogens with two attached hydrogens (primary N) is 1. The molecule has 0 saturated heterocycles. The molecule has 4 nitrogen and oxygen atoms in total. The number of rotatable bonds is 0. The molecule has 0 aromatic heterocycles. The van der Waals surface area contributed by atoms with Crippen molar-refractivity contribution in [3.05, 3.63) is 35.4 Å². The van der Waals surface area contributed by atoms with Crippen LogP contribution in [0.4, 0.5) is 4.79 Å². The molecule has 1 atom stereocenters. The molecule has 0 bridgehead atoms. The third kappa shape index (κ3) is 1.23. The first-order valence-electron chi connectivity index (χ1n) is 5.43. The lowest BCUT2D eigenvalue weighted by molar-refractivity contribution is 0.244.